The Balaban J connectivity index is 0.000000396. The Kier molecular flexibility index (Phi) is 8.91. The van der Waals surface area contributed by atoms with Crippen molar-refractivity contribution in [1.29, 1.82) is 0 Å². The molecule has 3 unspecified atom stereocenters. The van der Waals surface area contributed by atoms with E-state index in [1.54, 1.807) is 0 Å². The highest BCUT2D eigenvalue weighted by Gasteiger charge is 2.38. The minimum absolute atomic E-state index is 0.279. The van der Waals surface area contributed by atoms with Crippen LogP contribution in [0.25, 0.3) is 0 Å². The number of nitrogens with two attached hydrogens (primary N) is 4. The molecular weight excluding hydrogens is 248 g/mol. The summed E-state index contributed by atoms with van der Waals surface area (Å²) in [7, 11) is 0. The van der Waals surface area contributed by atoms with E-state index < -0.39 is 0 Å². The van der Waals surface area contributed by atoms with Crippen LogP contribution in [0.15, 0.2) is 0 Å². The quantitative estimate of drug-likeness (QED) is 0.618. The van der Waals surface area contributed by atoms with Crippen molar-refractivity contribution in [3.63, 3.8) is 0 Å². The largest absolute Gasteiger partial charge is 0.330 e. The van der Waals surface area contributed by atoms with Crippen molar-refractivity contribution < 1.29 is 0 Å². The van der Waals surface area contributed by atoms with Gasteiger partial charge in [-0.05, 0) is 68.5 Å². The van der Waals surface area contributed by atoms with Crippen LogP contribution < -0.4 is 22.9 Å². The molecule has 20 heavy (non-hydrogen) atoms. The fourth-order valence-corrected chi connectivity index (χ4v) is 3.45. The van der Waals surface area contributed by atoms with Gasteiger partial charge in [0, 0.05) is 6.04 Å². The summed E-state index contributed by atoms with van der Waals surface area (Å²) < 4.78 is 0. The monoisotopic (exact) mass is 286 g/mol. The van der Waals surface area contributed by atoms with E-state index in [-0.39, 0.29) is 5.41 Å². The molecule has 0 saturated heterocycles. The summed E-state index contributed by atoms with van der Waals surface area (Å²) in [6, 6.07) is 0.349. The summed E-state index contributed by atoms with van der Waals surface area (Å²) in [4.78, 5) is 0. The summed E-state index contributed by atoms with van der Waals surface area (Å²) in [5.74, 6) is 0.651. The SMILES string of the molecule is CC(CN)CCCN.CC1(C)CC(N)CC(C)(CN)C1. The fraction of sp³-hybridized carbons (Fsp3) is 1.00. The predicted molar refractivity (Wildman–Crippen MR) is 89.3 cm³/mol. The van der Waals surface area contributed by atoms with E-state index in [1.807, 2.05) is 0 Å². The lowest BCUT2D eigenvalue weighted by atomic mass is 9.63. The van der Waals surface area contributed by atoms with Gasteiger partial charge in [-0.2, -0.15) is 0 Å². The van der Waals surface area contributed by atoms with Gasteiger partial charge in [0.05, 0.1) is 0 Å². The van der Waals surface area contributed by atoms with Crippen molar-refractivity contribution in [1.82, 2.24) is 0 Å². The van der Waals surface area contributed by atoms with Gasteiger partial charge in [0.15, 0.2) is 0 Å². The highest BCUT2D eigenvalue weighted by Crippen LogP contribution is 2.44. The third-order valence-corrected chi connectivity index (χ3v) is 4.27. The maximum Gasteiger partial charge on any atom is 0.00495 e. The fourth-order valence-electron chi connectivity index (χ4n) is 3.45. The molecule has 1 aliphatic carbocycles. The Bertz CT molecular complexity index is 255. The molecular formula is C16H38N4. The van der Waals surface area contributed by atoms with Crippen molar-refractivity contribution in [2.24, 2.45) is 39.7 Å². The van der Waals surface area contributed by atoms with E-state index in [9.17, 15) is 0 Å². The van der Waals surface area contributed by atoms with Crippen molar-refractivity contribution in [2.75, 3.05) is 19.6 Å². The summed E-state index contributed by atoms with van der Waals surface area (Å²) in [5, 5.41) is 0. The molecule has 1 saturated carbocycles. The normalized spacial score (nSPS) is 30.3. The molecule has 1 rings (SSSR count). The van der Waals surface area contributed by atoms with Crippen LogP contribution in [-0.2, 0) is 0 Å². The molecule has 8 N–H and O–H groups in total. The van der Waals surface area contributed by atoms with Crippen LogP contribution in [-0.4, -0.2) is 25.7 Å². The van der Waals surface area contributed by atoms with Crippen molar-refractivity contribution in [2.45, 2.75) is 65.8 Å². The maximum absolute atomic E-state index is 6.01. The van der Waals surface area contributed by atoms with E-state index >= 15 is 0 Å². The molecule has 0 amide bonds. The van der Waals surface area contributed by atoms with Gasteiger partial charge in [-0.3, -0.25) is 0 Å². The zero-order valence-corrected chi connectivity index (χ0v) is 14.1. The van der Waals surface area contributed by atoms with Gasteiger partial charge in [-0.15, -0.1) is 0 Å². The van der Waals surface area contributed by atoms with Gasteiger partial charge >= 0.3 is 0 Å². The highest BCUT2D eigenvalue weighted by molar-refractivity contribution is 4.93. The molecule has 3 atom stereocenters. The van der Waals surface area contributed by atoms with E-state index in [0.717, 1.165) is 38.9 Å². The van der Waals surface area contributed by atoms with Crippen LogP contribution in [0.3, 0.4) is 0 Å². The summed E-state index contributed by atoms with van der Waals surface area (Å²) in [6.45, 7) is 11.3. The smallest absolute Gasteiger partial charge is 0.00495 e. The van der Waals surface area contributed by atoms with E-state index in [2.05, 4.69) is 27.7 Å². The lowest BCUT2D eigenvalue weighted by molar-refractivity contribution is 0.0904. The van der Waals surface area contributed by atoms with Gasteiger partial charge in [0.1, 0.15) is 0 Å². The lowest BCUT2D eigenvalue weighted by Gasteiger charge is -2.45. The van der Waals surface area contributed by atoms with Crippen LogP contribution in [0, 0.1) is 16.7 Å². The minimum atomic E-state index is 0.279. The first kappa shape index (κ1) is 19.8. The zero-order valence-electron chi connectivity index (χ0n) is 14.1. The first-order chi connectivity index (χ1) is 9.18. The zero-order chi connectivity index (χ0) is 15.8. The summed E-state index contributed by atoms with van der Waals surface area (Å²) >= 11 is 0. The van der Waals surface area contributed by atoms with Crippen LogP contribution in [0.2, 0.25) is 0 Å². The van der Waals surface area contributed by atoms with Crippen LogP contribution in [0.1, 0.15) is 59.8 Å². The third kappa shape index (κ3) is 8.20. The second-order valence-corrected chi connectivity index (χ2v) is 7.80. The molecule has 0 radical (unpaired) electrons. The molecule has 0 bridgehead atoms. The second kappa shape index (κ2) is 8.98. The molecule has 122 valence electrons. The van der Waals surface area contributed by atoms with Gasteiger partial charge < -0.3 is 22.9 Å². The molecule has 0 aromatic heterocycles. The average molecular weight is 287 g/mol. The Morgan fingerprint density at radius 2 is 1.70 bits per heavy atom. The molecule has 0 aromatic carbocycles. The first-order valence-electron chi connectivity index (χ1n) is 8.04. The average Bonchev–Trinajstić information content (AvgIpc) is 2.33. The standard InChI is InChI=1S/C10H22N2.C6H16N2/c1-9(2)4-8(12)5-10(3,6-9)7-11;1-6(5-8)3-2-4-7/h8H,4-7,11-12H2,1-3H3;6H,2-5,7-8H2,1H3. The van der Waals surface area contributed by atoms with Crippen LogP contribution in [0.5, 0.6) is 0 Å². The summed E-state index contributed by atoms with van der Waals surface area (Å²) in [6.07, 6.45) is 5.73. The van der Waals surface area contributed by atoms with E-state index in [1.165, 1.54) is 12.8 Å². The molecule has 0 heterocycles. The van der Waals surface area contributed by atoms with Crippen LogP contribution in [0.4, 0.5) is 0 Å². The van der Waals surface area contributed by atoms with Crippen molar-refractivity contribution >= 4 is 0 Å². The number of hydrogen-bond donors (Lipinski definition) is 4. The lowest BCUT2D eigenvalue weighted by Crippen LogP contribution is -2.45. The van der Waals surface area contributed by atoms with Crippen molar-refractivity contribution in [3.8, 4) is 0 Å². The van der Waals surface area contributed by atoms with Gasteiger partial charge in [-0.1, -0.05) is 27.7 Å². The number of hydrogen-bond acceptors (Lipinski definition) is 4. The van der Waals surface area contributed by atoms with Crippen LogP contribution >= 0.6 is 0 Å². The number of rotatable bonds is 5. The topological polar surface area (TPSA) is 104 Å². The highest BCUT2D eigenvalue weighted by atomic mass is 14.7. The predicted octanol–water partition coefficient (Wildman–Crippen LogP) is 1.81. The Hall–Kier alpha value is -0.160. The molecule has 0 spiro atoms. The molecule has 0 aliphatic heterocycles. The Morgan fingerprint density at radius 3 is 2.10 bits per heavy atom. The van der Waals surface area contributed by atoms with Gasteiger partial charge in [0.25, 0.3) is 0 Å². The molecule has 4 heteroatoms. The maximum atomic E-state index is 6.01. The first-order valence-corrected chi connectivity index (χ1v) is 8.04. The van der Waals surface area contributed by atoms with Crippen molar-refractivity contribution in [3.05, 3.63) is 0 Å². The third-order valence-electron chi connectivity index (χ3n) is 4.27. The molecule has 1 fully saturated rings. The minimum Gasteiger partial charge on any atom is -0.330 e. The molecule has 4 nitrogen and oxygen atoms in total. The van der Waals surface area contributed by atoms with E-state index in [4.69, 9.17) is 22.9 Å². The van der Waals surface area contributed by atoms with E-state index in [0.29, 0.717) is 17.4 Å². The molecule has 1 aliphatic rings. The van der Waals surface area contributed by atoms with Gasteiger partial charge in [0.2, 0.25) is 0 Å². The Labute approximate surface area is 126 Å². The van der Waals surface area contributed by atoms with Gasteiger partial charge in [-0.25, -0.2) is 0 Å². The Morgan fingerprint density at radius 1 is 1.10 bits per heavy atom. The summed E-state index contributed by atoms with van der Waals surface area (Å²) in [5.41, 5.74) is 23.1. The molecule has 0 aromatic rings. The second-order valence-electron chi connectivity index (χ2n) is 7.80.